The molecular weight excluding hydrogens is 128 g/mol. The lowest BCUT2D eigenvalue weighted by Gasteiger charge is -2.08. The third-order valence-electron chi connectivity index (χ3n) is 1.19. The number of nitrogens with one attached hydrogen (secondary N) is 1. The molecule has 0 amide bonds. The van der Waals surface area contributed by atoms with Crippen molar-refractivity contribution < 1.29 is 5.11 Å². The van der Waals surface area contributed by atoms with Gasteiger partial charge < -0.3 is 15.3 Å². The SMILES string of the molecule is CN(C)CCCNC[CH]O. The summed E-state index contributed by atoms with van der Waals surface area (Å²) < 4.78 is 0. The average molecular weight is 145 g/mol. The summed E-state index contributed by atoms with van der Waals surface area (Å²) in [7, 11) is 4.11. The molecule has 0 aliphatic carbocycles. The van der Waals surface area contributed by atoms with Gasteiger partial charge in [-0.2, -0.15) is 0 Å². The van der Waals surface area contributed by atoms with Crippen LogP contribution in [0.4, 0.5) is 0 Å². The van der Waals surface area contributed by atoms with Crippen molar-refractivity contribution >= 4 is 0 Å². The molecule has 10 heavy (non-hydrogen) atoms. The molecule has 3 heteroatoms. The van der Waals surface area contributed by atoms with Crippen LogP contribution in [0.2, 0.25) is 0 Å². The van der Waals surface area contributed by atoms with E-state index < -0.39 is 0 Å². The van der Waals surface area contributed by atoms with Gasteiger partial charge in [0.05, 0.1) is 6.61 Å². The molecule has 0 unspecified atom stereocenters. The fraction of sp³-hybridized carbons (Fsp3) is 0.857. The Labute approximate surface area is 63.0 Å². The summed E-state index contributed by atoms with van der Waals surface area (Å²) in [4.78, 5) is 2.14. The lowest BCUT2D eigenvalue weighted by Crippen LogP contribution is -2.22. The third-order valence-corrected chi connectivity index (χ3v) is 1.19. The maximum atomic E-state index is 8.28. The number of rotatable bonds is 6. The van der Waals surface area contributed by atoms with Gasteiger partial charge in [0.2, 0.25) is 0 Å². The predicted molar refractivity (Wildman–Crippen MR) is 42.3 cm³/mol. The van der Waals surface area contributed by atoms with E-state index in [9.17, 15) is 0 Å². The van der Waals surface area contributed by atoms with Crippen LogP contribution >= 0.6 is 0 Å². The van der Waals surface area contributed by atoms with Crippen molar-refractivity contribution in [2.75, 3.05) is 33.7 Å². The van der Waals surface area contributed by atoms with E-state index in [0.29, 0.717) is 6.54 Å². The van der Waals surface area contributed by atoms with Crippen molar-refractivity contribution in [3.63, 3.8) is 0 Å². The normalized spacial score (nSPS) is 10.8. The average Bonchev–Trinajstić information content (AvgIpc) is 1.87. The Bertz CT molecular complexity index is 66.6. The molecule has 0 spiro atoms. The lowest BCUT2D eigenvalue weighted by molar-refractivity contribution is 0.365. The van der Waals surface area contributed by atoms with Crippen LogP contribution in [-0.4, -0.2) is 43.7 Å². The van der Waals surface area contributed by atoms with Crippen LogP contribution in [-0.2, 0) is 0 Å². The summed E-state index contributed by atoms with van der Waals surface area (Å²) in [5.41, 5.74) is 0. The van der Waals surface area contributed by atoms with Crippen molar-refractivity contribution in [1.29, 1.82) is 0 Å². The van der Waals surface area contributed by atoms with Crippen LogP contribution in [0.3, 0.4) is 0 Å². The van der Waals surface area contributed by atoms with Crippen molar-refractivity contribution in [2.24, 2.45) is 0 Å². The van der Waals surface area contributed by atoms with Gasteiger partial charge in [0.15, 0.2) is 0 Å². The largest absolute Gasteiger partial charge is 0.389 e. The second kappa shape index (κ2) is 6.99. The van der Waals surface area contributed by atoms with Gasteiger partial charge in [-0.1, -0.05) is 0 Å². The van der Waals surface area contributed by atoms with Gasteiger partial charge in [-0.3, -0.25) is 0 Å². The van der Waals surface area contributed by atoms with E-state index in [1.807, 2.05) is 0 Å². The zero-order valence-electron chi connectivity index (χ0n) is 6.80. The molecule has 61 valence electrons. The van der Waals surface area contributed by atoms with Crippen LogP contribution in [0.15, 0.2) is 0 Å². The molecule has 0 saturated carbocycles. The Kier molecular flexibility index (Phi) is 6.91. The zero-order valence-corrected chi connectivity index (χ0v) is 6.80. The molecule has 0 rings (SSSR count). The van der Waals surface area contributed by atoms with E-state index in [1.54, 1.807) is 0 Å². The van der Waals surface area contributed by atoms with Gasteiger partial charge in [0, 0.05) is 6.54 Å². The molecule has 1 radical (unpaired) electrons. The highest BCUT2D eigenvalue weighted by atomic mass is 16.3. The molecule has 0 aromatic rings. The monoisotopic (exact) mass is 145 g/mol. The van der Waals surface area contributed by atoms with Crippen molar-refractivity contribution in [2.45, 2.75) is 6.42 Å². The Hall–Kier alpha value is -0.120. The first-order chi connectivity index (χ1) is 4.77. The van der Waals surface area contributed by atoms with Crippen LogP contribution in [0.25, 0.3) is 0 Å². The number of aliphatic hydroxyl groups is 1. The van der Waals surface area contributed by atoms with E-state index in [4.69, 9.17) is 5.11 Å². The summed E-state index contributed by atoms with van der Waals surface area (Å²) in [6.07, 6.45) is 1.13. The second-order valence-electron chi connectivity index (χ2n) is 2.54. The zero-order chi connectivity index (χ0) is 7.82. The smallest absolute Gasteiger partial charge is 0.0935 e. The molecule has 0 atom stereocenters. The number of nitrogens with zero attached hydrogens (tertiary/aromatic N) is 1. The highest BCUT2D eigenvalue weighted by molar-refractivity contribution is 4.54. The van der Waals surface area contributed by atoms with Gasteiger partial charge in [-0.05, 0) is 33.6 Å². The molecule has 0 aliphatic rings. The molecular formula is C7H17N2O. The summed E-state index contributed by atoms with van der Waals surface area (Å²) in [6, 6.07) is 0. The standard InChI is InChI=1S/C7H17N2O/c1-9(2)6-3-4-8-5-7-10/h7-8,10H,3-6H2,1-2H3. The van der Waals surface area contributed by atoms with Crippen LogP contribution in [0, 0.1) is 6.61 Å². The molecule has 0 aliphatic heterocycles. The van der Waals surface area contributed by atoms with E-state index in [2.05, 4.69) is 24.3 Å². The van der Waals surface area contributed by atoms with Crippen LogP contribution in [0.5, 0.6) is 0 Å². The predicted octanol–water partition coefficient (Wildman–Crippen LogP) is 0.0620. The number of hydrogen-bond donors (Lipinski definition) is 2. The molecule has 0 aromatic carbocycles. The van der Waals surface area contributed by atoms with Gasteiger partial charge in [0.25, 0.3) is 0 Å². The van der Waals surface area contributed by atoms with Crippen LogP contribution in [0.1, 0.15) is 6.42 Å². The van der Waals surface area contributed by atoms with E-state index in [0.717, 1.165) is 26.1 Å². The first-order valence-corrected chi connectivity index (χ1v) is 3.58. The molecule has 0 saturated heterocycles. The first kappa shape index (κ1) is 9.88. The summed E-state index contributed by atoms with van der Waals surface area (Å²) in [5, 5.41) is 11.3. The molecule has 0 aromatic heterocycles. The minimum absolute atomic E-state index is 0.591. The molecule has 3 nitrogen and oxygen atoms in total. The van der Waals surface area contributed by atoms with Crippen molar-refractivity contribution in [3.8, 4) is 0 Å². The minimum Gasteiger partial charge on any atom is -0.389 e. The maximum Gasteiger partial charge on any atom is 0.0935 e. The number of hydrogen-bond acceptors (Lipinski definition) is 3. The van der Waals surface area contributed by atoms with Gasteiger partial charge >= 0.3 is 0 Å². The highest BCUT2D eigenvalue weighted by Crippen LogP contribution is 1.79. The Balaban J connectivity index is 2.77. The topological polar surface area (TPSA) is 35.5 Å². The summed E-state index contributed by atoms with van der Waals surface area (Å²) >= 11 is 0. The van der Waals surface area contributed by atoms with Crippen LogP contribution < -0.4 is 5.32 Å². The minimum atomic E-state index is 0.591. The molecule has 2 N–H and O–H groups in total. The molecule has 0 fully saturated rings. The Morgan fingerprint density at radius 1 is 1.50 bits per heavy atom. The second-order valence-corrected chi connectivity index (χ2v) is 2.54. The van der Waals surface area contributed by atoms with E-state index in [-0.39, 0.29) is 0 Å². The fourth-order valence-electron chi connectivity index (χ4n) is 0.687. The molecule has 0 heterocycles. The van der Waals surface area contributed by atoms with Crippen molar-refractivity contribution in [3.05, 3.63) is 6.61 Å². The van der Waals surface area contributed by atoms with Gasteiger partial charge in [0.1, 0.15) is 0 Å². The number of aliphatic hydroxyl groups excluding tert-OH is 1. The lowest BCUT2D eigenvalue weighted by atomic mass is 10.4. The quantitative estimate of drug-likeness (QED) is 0.519. The highest BCUT2D eigenvalue weighted by Gasteiger charge is 1.88. The maximum absolute atomic E-state index is 8.28. The van der Waals surface area contributed by atoms with Gasteiger partial charge in [-0.15, -0.1) is 0 Å². The van der Waals surface area contributed by atoms with E-state index in [1.165, 1.54) is 0 Å². The first-order valence-electron chi connectivity index (χ1n) is 3.58. The Morgan fingerprint density at radius 2 is 2.20 bits per heavy atom. The summed E-state index contributed by atoms with van der Waals surface area (Å²) in [5.74, 6) is 0. The van der Waals surface area contributed by atoms with Gasteiger partial charge in [-0.25, -0.2) is 0 Å². The molecule has 0 bridgehead atoms. The third kappa shape index (κ3) is 7.88. The fourth-order valence-corrected chi connectivity index (χ4v) is 0.687. The van der Waals surface area contributed by atoms with Crippen molar-refractivity contribution in [1.82, 2.24) is 10.2 Å². The van der Waals surface area contributed by atoms with E-state index >= 15 is 0 Å². The summed E-state index contributed by atoms with van der Waals surface area (Å²) in [6.45, 7) is 3.79. The Morgan fingerprint density at radius 3 is 2.70 bits per heavy atom.